The highest BCUT2D eigenvalue weighted by atomic mass is 16.6. The summed E-state index contributed by atoms with van der Waals surface area (Å²) in [5.74, 6) is -5.17. The van der Waals surface area contributed by atoms with Gasteiger partial charge >= 0.3 is 52.9 Å². The van der Waals surface area contributed by atoms with Crippen LogP contribution in [0.1, 0.15) is 59.3 Å². The molecule has 0 spiro atoms. The Bertz CT molecular complexity index is 1630. The quantitative estimate of drug-likeness (QED) is 0.0617. The Kier molecular flexibility index (Phi) is 21.7. The highest BCUT2D eigenvalue weighted by Gasteiger charge is 2.40. The fourth-order valence-corrected chi connectivity index (χ4v) is 6.45. The molecule has 1 heterocycles. The molecular formula is C42H57N3O15. The van der Waals surface area contributed by atoms with E-state index in [1.165, 1.54) is 0 Å². The van der Waals surface area contributed by atoms with Crippen LogP contribution in [0.2, 0.25) is 0 Å². The van der Waals surface area contributed by atoms with Crippen LogP contribution in [0.5, 0.6) is 0 Å². The van der Waals surface area contributed by atoms with Crippen molar-refractivity contribution in [2.24, 2.45) is 16.2 Å². The fourth-order valence-electron chi connectivity index (χ4n) is 6.45. The number of aromatic nitrogens is 3. The summed E-state index contributed by atoms with van der Waals surface area (Å²) in [6.07, 6.45) is 6.69. The highest BCUT2D eigenvalue weighted by molar-refractivity contribution is 5.83. The Morgan fingerprint density at radius 2 is 0.567 bits per heavy atom. The van der Waals surface area contributed by atoms with E-state index >= 15 is 0 Å². The lowest BCUT2D eigenvalue weighted by atomic mass is 9.84. The molecule has 0 N–H and O–H groups in total. The van der Waals surface area contributed by atoms with Crippen molar-refractivity contribution < 1.29 is 57.2 Å². The zero-order chi connectivity index (χ0) is 45.5. The number of ether oxygens (including phenoxy) is 6. The first-order chi connectivity index (χ1) is 28.4. The Morgan fingerprint density at radius 3 is 0.700 bits per heavy atom. The first-order valence-corrected chi connectivity index (χ1v) is 19.1. The molecule has 60 heavy (non-hydrogen) atoms. The number of carbonyl (C=O) groups is 6. The van der Waals surface area contributed by atoms with Crippen molar-refractivity contribution >= 4 is 35.8 Å². The number of hydrogen-bond donors (Lipinski definition) is 0. The summed E-state index contributed by atoms with van der Waals surface area (Å²) in [5, 5.41) is 0. The Hall–Kier alpha value is -6.33. The average Bonchev–Trinajstić information content (AvgIpc) is 3.25. The Balaban J connectivity index is 4.54. The number of nitrogens with zero attached hydrogens (tertiary/aromatic N) is 3. The maximum absolute atomic E-state index is 14.8. The predicted molar refractivity (Wildman–Crippen MR) is 218 cm³/mol. The van der Waals surface area contributed by atoms with Crippen LogP contribution in [-0.4, -0.2) is 89.2 Å². The summed E-state index contributed by atoms with van der Waals surface area (Å²) in [4.78, 5) is 118. The van der Waals surface area contributed by atoms with Gasteiger partial charge < -0.3 is 28.4 Å². The standard InChI is InChI=1S/C42H57N3O15/c1-10-19-40(25-55-31(46)13-4,26-56-32(47)14-5)22-43-37(52)44(23-41(20-11-2,27-57-33(48)15-6)28-58-34(49)16-7)39(54)45(38(43)53)24-42(21-12-3,29-59-35(50)17-8)30-60-36(51)18-9/h13-18H,4-12,19-30H2,1-3H3. The van der Waals surface area contributed by atoms with Gasteiger partial charge in [-0.3, -0.25) is 0 Å². The lowest BCUT2D eigenvalue weighted by Crippen LogP contribution is -2.60. The largest absolute Gasteiger partial charge is 0.462 e. The molecule has 18 heteroatoms. The van der Waals surface area contributed by atoms with E-state index < -0.39 is 128 Å². The summed E-state index contributed by atoms with van der Waals surface area (Å²) in [7, 11) is 0. The molecule has 0 fully saturated rings. The van der Waals surface area contributed by atoms with Crippen molar-refractivity contribution in [2.75, 3.05) is 39.6 Å². The first-order valence-electron chi connectivity index (χ1n) is 19.1. The normalized spacial score (nSPS) is 11.2. The fraction of sp³-hybridized carbons (Fsp3) is 0.500. The lowest BCUT2D eigenvalue weighted by Gasteiger charge is -2.35. The molecule has 1 aromatic rings. The van der Waals surface area contributed by atoms with Crippen LogP contribution in [0.3, 0.4) is 0 Å². The van der Waals surface area contributed by atoms with E-state index in [-0.39, 0.29) is 19.3 Å². The van der Waals surface area contributed by atoms with Crippen LogP contribution < -0.4 is 17.1 Å². The van der Waals surface area contributed by atoms with Gasteiger partial charge in [0.05, 0.1) is 16.2 Å². The second-order valence-corrected chi connectivity index (χ2v) is 14.2. The second kappa shape index (κ2) is 25.2. The third-order valence-corrected chi connectivity index (χ3v) is 9.33. The van der Waals surface area contributed by atoms with Crippen molar-refractivity contribution in [3.63, 3.8) is 0 Å². The second-order valence-electron chi connectivity index (χ2n) is 14.2. The van der Waals surface area contributed by atoms with Crippen LogP contribution in [0.15, 0.2) is 90.3 Å². The van der Waals surface area contributed by atoms with Gasteiger partial charge in [-0.1, -0.05) is 79.5 Å². The molecule has 1 aromatic heterocycles. The zero-order valence-corrected chi connectivity index (χ0v) is 34.8. The SMILES string of the molecule is C=CC(=O)OCC(CCC)(COC(=O)C=C)Cn1c(=O)n(CC(CCC)(COC(=O)C=C)COC(=O)C=C)c(=O)n(CC(CCC)(COC(=O)C=C)COC(=O)C=C)c1=O. The molecule has 0 amide bonds. The number of rotatable bonds is 30. The smallest absolute Gasteiger partial charge is 0.336 e. The number of esters is 6. The van der Waals surface area contributed by atoms with Gasteiger partial charge in [0.1, 0.15) is 39.6 Å². The van der Waals surface area contributed by atoms with Crippen LogP contribution in [0, 0.1) is 16.2 Å². The van der Waals surface area contributed by atoms with Crippen LogP contribution in [0.4, 0.5) is 0 Å². The van der Waals surface area contributed by atoms with Crippen molar-refractivity contribution in [3.8, 4) is 0 Å². The molecule has 0 unspecified atom stereocenters. The zero-order valence-electron chi connectivity index (χ0n) is 34.8. The van der Waals surface area contributed by atoms with Crippen molar-refractivity contribution in [2.45, 2.75) is 78.9 Å². The van der Waals surface area contributed by atoms with Gasteiger partial charge in [0.25, 0.3) is 0 Å². The van der Waals surface area contributed by atoms with Gasteiger partial charge in [-0.05, 0) is 19.3 Å². The van der Waals surface area contributed by atoms with Gasteiger partial charge in [-0.25, -0.2) is 56.9 Å². The van der Waals surface area contributed by atoms with Crippen LogP contribution in [0.25, 0.3) is 0 Å². The summed E-state index contributed by atoms with van der Waals surface area (Å²) in [5.41, 5.74) is -7.99. The maximum Gasteiger partial charge on any atom is 0.336 e. The minimum atomic E-state index is -1.48. The molecule has 0 atom stereocenters. The van der Waals surface area contributed by atoms with Crippen LogP contribution >= 0.6 is 0 Å². The molecule has 330 valence electrons. The molecule has 0 aliphatic heterocycles. The van der Waals surface area contributed by atoms with Crippen molar-refractivity contribution in [1.29, 1.82) is 0 Å². The molecule has 18 nitrogen and oxygen atoms in total. The molecule has 0 bridgehead atoms. The minimum Gasteiger partial charge on any atom is -0.462 e. The molecular weight excluding hydrogens is 786 g/mol. The third-order valence-electron chi connectivity index (χ3n) is 9.33. The minimum absolute atomic E-state index is 0.0937. The van der Waals surface area contributed by atoms with E-state index in [1.807, 2.05) is 0 Å². The Labute approximate surface area is 348 Å². The van der Waals surface area contributed by atoms with E-state index in [2.05, 4.69) is 39.5 Å². The highest BCUT2D eigenvalue weighted by Crippen LogP contribution is 2.31. The predicted octanol–water partition coefficient (Wildman–Crippen LogP) is 2.91. The van der Waals surface area contributed by atoms with Crippen molar-refractivity contribution in [1.82, 2.24) is 13.7 Å². The van der Waals surface area contributed by atoms with E-state index in [0.29, 0.717) is 33.0 Å². The Morgan fingerprint density at radius 1 is 0.400 bits per heavy atom. The molecule has 0 radical (unpaired) electrons. The summed E-state index contributed by atoms with van der Waals surface area (Å²) in [6.45, 7) is 20.8. The van der Waals surface area contributed by atoms with E-state index in [0.717, 1.165) is 36.5 Å². The number of carbonyl (C=O) groups excluding carboxylic acids is 6. The molecule has 0 saturated heterocycles. The van der Waals surface area contributed by atoms with Crippen LogP contribution in [-0.2, 0) is 76.8 Å². The summed E-state index contributed by atoms with van der Waals surface area (Å²) >= 11 is 0. The van der Waals surface area contributed by atoms with Gasteiger partial charge in [0.2, 0.25) is 0 Å². The average molecular weight is 844 g/mol. The van der Waals surface area contributed by atoms with E-state index in [1.54, 1.807) is 20.8 Å². The van der Waals surface area contributed by atoms with Gasteiger partial charge in [0, 0.05) is 56.1 Å². The number of hydrogen-bond acceptors (Lipinski definition) is 15. The van der Waals surface area contributed by atoms with Gasteiger partial charge in [-0.15, -0.1) is 0 Å². The summed E-state index contributed by atoms with van der Waals surface area (Å²) < 4.78 is 34.5. The monoisotopic (exact) mass is 843 g/mol. The summed E-state index contributed by atoms with van der Waals surface area (Å²) in [6, 6.07) is 0. The molecule has 0 aromatic carbocycles. The molecule has 1 rings (SSSR count). The van der Waals surface area contributed by atoms with E-state index in [4.69, 9.17) is 28.4 Å². The van der Waals surface area contributed by atoms with Crippen molar-refractivity contribution in [3.05, 3.63) is 107 Å². The first kappa shape index (κ1) is 51.7. The third kappa shape index (κ3) is 15.4. The molecule has 0 saturated carbocycles. The maximum atomic E-state index is 14.8. The van der Waals surface area contributed by atoms with E-state index in [9.17, 15) is 43.2 Å². The topological polar surface area (TPSA) is 224 Å². The van der Waals surface area contributed by atoms with Gasteiger partial charge in [0.15, 0.2) is 0 Å². The molecule has 0 aliphatic carbocycles. The molecule has 0 aliphatic rings. The lowest BCUT2D eigenvalue weighted by molar-refractivity contribution is -0.150. The van der Waals surface area contributed by atoms with Gasteiger partial charge in [-0.2, -0.15) is 0 Å².